The molecule has 0 bridgehead atoms. The third kappa shape index (κ3) is 8.36. The number of carbonyl (C=O) groups is 4. The lowest BCUT2D eigenvalue weighted by Crippen LogP contribution is -2.54. The molecule has 0 saturated carbocycles. The number of carbonyl (C=O) groups excluding carboxylic acids is 4. The van der Waals surface area contributed by atoms with Crippen LogP contribution in [0, 0.1) is 5.92 Å². The zero-order chi connectivity index (χ0) is 40.5. The van der Waals surface area contributed by atoms with Gasteiger partial charge in [-0.1, -0.05) is 48.5 Å². The van der Waals surface area contributed by atoms with Crippen molar-refractivity contribution in [3.8, 4) is 11.5 Å². The summed E-state index contributed by atoms with van der Waals surface area (Å²) in [5.41, 5.74) is 6.55. The van der Waals surface area contributed by atoms with Gasteiger partial charge in [-0.3, -0.25) is 34.3 Å². The van der Waals surface area contributed by atoms with Crippen LogP contribution >= 0.6 is 0 Å². The fourth-order valence-electron chi connectivity index (χ4n) is 10.2. The van der Waals surface area contributed by atoms with Crippen LogP contribution in [0.5, 0.6) is 11.5 Å². The van der Waals surface area contributed by atoms with E-state index in [1.807, 2.05) is 18.2 Å². The lowest BCUT2D eigenvalue weighted by molar-refractivity contribution is -0.136. The predicted molar refractivity (Wildman–Crippen MR) is 225 cm³/mol. The molecule has 4 heterocycles. The van der Waals surface area contributed by atoms with Gasteiger partial charge in [-0.15, -0.1) is 0 Å². The number of ether oxygens (including phenoxy) is 1. The molecular formula is C48H53N5O6. The SMILES string of the molecule is O=C1CCC(N2C(=O)c3ccc(NC4CCCN(CC5CCN(CCOc6ccc([C@@H]7c8ccc(O)cc8CC[C@@H]7c7ccccc7)cc6)CC5)C4)cc3C2=O)C(=O)N1. The maximum absolute atomic E-state index is 13.3. The molecule has 2 unspecified atom stereocenters. The number of fused-ring (bicyclic) bond motifs is 2. The molecule has 0 radical (unpaired) electrons. The number of aryl methyl sites for hydroxylation is 1. The second-order valence-electron chi connectivity index (χ2n) is 17.1. The molecule has 3 fully saturated rings. The van der Waals surface area contributed by atoms with Crippen molar-refractivity contribution >= 4 is 29.3 Å². The maximum Gasteiger partial charge on any atom is 0.262 e. The van der Waals surface area contributed by atoms with Crippen LogP contribution in [0.1, 0.15) is 99.8 Å². The minimum Gasteiger partial charge on any atom is -0.508 e. The number of hydrogen-bond acceptors (Lipinski definition) is 9. The van der Waals surface area contributed by atoms with Gasteiger partial charge in [0, 0.05) is 43.7 Å². The van der Waals surface area contributed by atoms with Crippen molar-refractivity contribution in [2.75, 3.05) is 51.2 Å². The number of phenolic OH excluding ortho intramolecular Hbond substituents is 1. The van der Waals surface area contributed by atoms with Crippen molar-refractivity contribution in [3.05, 3.63) is 124 Å². The number of aromatic hydroxyl groups is 1. The molecular weight excluding hydrogens is 743 g/mol. The second-order valence-corrected chi connectivity index (χ2v) is 17.1. The van der Waals surface area contributed by atoms with Crippen LogP contribution < -0.4 is 15.4 Å². The highest BCUT2D eigenvalue weighted by Gasteiger charge is 2.45. The van der Waals surface area contributed by atoms with Crippen molar-refractivity contribution in [1.82, 2.24) is 20.0 Å². The Morgan fingerprint density at radius 2 is 1.54 bits per heavy atom. The molecule has 5 aliphatic rings. The molecule has 0 aromatic heterocycles. The van der Waals surface area contributed by atoms with Gasteiger partial charge < -0.3 is 20.1 Å². The number of nitrogens with zero attached hydrogens (tertiary/aromatic N) is 3. The molecule has 4 aromatic carbocycles. The molecule has 3 saturated heterocycles. The van der Waals surface area contributed by atoms with E-state index in [0.29, 0.717) is 35.3 Å². The Labute approximate surface area is 345 Å². The number of anilines is 1. The molecule has 3 N–H and O–H groups in total. The first-order valence-electron chi connectivity index (χ1n) is 21.4. The molecule has 4 atom stereocenters. The van der Waals surface area contributed by atoms with E-state index in [1.54, 1.807) is 12.1 Å². The number of piperidine rings is 3. The van der Waals surface area contributed by atoms with E-state index < -0.39 is 23.8 Å². The van der Waals surface area contributed by atoms with Gasteiger partial charge in [0.05, 0.1) is 11.1 Å². The number of imide groups is 2. The molecule has 306 valence electrons. The number of hydrogen-bond donors (Lipinski definition) is 3. The number of benzene rings is 4. The average molecular weight is 796 g/mol. The molecule has 11 nitrogen and oxygen atoms in total. The minimum atomic E-state index is -0.967. The highest BCUT2D eigenvalue weighted by molar-refractivity contribution is 6.23. The van der Waals surface area contributed by atoms with Crippen LogP contribution in [0.25, 0.3) is 0 Å². The van der Waals surface area contributed by atoms with Crippen LogP contribution in [0.3, 0.4) is 0 Å². The summed E-state index contributed by atoms with van der Waals surface area (Å²) < 4.78 is 6.28. The van der Waals surface area contributed by atoms with Crippen molar-refractivity contribution in [2.45, 2.75) is 75.3 Å². The summed E-state index contributed by atoms with van der Waals surface area (Å²) in [5.74, 6) is 0.508. The highest BCUT2D eigenvalue weighted by atomic mass is 16.5. The molecule has 59 heavy (non-hydrogen) atoms. The number of likely N-dealkylation sites (tertiary alicyclic amines) is 2. The molecule has 4 aromatic rings. The van der Waals surface area contributed by atoms with Gasteiger partial charge in [-0.2, -0.15) is 0 Å². The highest BCUT2D eigenvalue weighted by Crippen LogP contribution is 2.47. The zero-order valence-corrected chi connectivity index (χ0v) is 33.5. The topological polar surface area (TPSA) is 132 Å². The third-order valence-corrected chi connectivity index (χ3v) is 13.3. The summed E-state index contributed by atoms with van der Waals surface area (Å²) in [6.45, 7) is 6.76. The molecule has 0 spiro atoms. The fraction of sp³-hybridized carbons (Fsp3) is 0.417. The van der Waals surface area contributed by atoms with E-state index >= 15 is 0 Å². The molecule has 11 heteroatoms. The summed E-state index contributed by atoms with van der Waals surface area (Å²) in [5, 5.41) is 16.1. The van der Waals surface area contributed by atoms with E-state index in [0.717, 1.165) is 94.1 Å². The van der Waals surface area contributed by atoms with E-state index in [4.69, 9.17) is 4.74 Å². The third-order valence-electron chi connectivity index (χ3n) is 13.3. The zero-order valence-electron chi connectivity index (χ0n) is 33.5. The summed E-state index contributed by atoms with van der Waals surface area (Å²) in [4.78, 5) is 56.7. The van der Waals surface area contributed by atoms with E-state index in [1.165, 1.54) is 22.3 Å². The van der Waals surface area contributed by atoms with Crippen LogP contribution in [0.15, 0.2) is 91.0 Å². The lowest BCUT2D eigenvalue weighted by Gasteiger charge is -2.38. The molecule has 1 aliphatic carbocycles. The smallest absolute Gasteiger partial charge is 0.262 e. The molecule has 9 rings (SSSR count). The van der Waals surface area contributed by atoms with E-state index in [2.05, 4.69) is 81.1 Å². The summed E-state index contributed by atoms with van der Waals surface area (Å²) in [6.07, 6.45) is 6.68. The number of phenols is 1. The van der Waals surface area contributed by atoms with Crippen molar-refractivity contribution < 1.29 is 29.0 Å². The Bertz CT molecular complexity index is 2200. The largest absolute Gasteiger partial charge is 0.508 e. The van der Waals surface area contributed by atoms with Gasteiger partial charge in [-0.05, 0) is 141 Å². The van der Waals surface area contributed by atoms with Gasteiger partial charge in [0.1, 0.15) is 24.1 Å². The Morgan fingerprint density at radius 1 is 0.746 bits per heavy atom. The van der Waals surface area contributed by atoms with Gasteiger partial charge in [0.15, 0.2) is 0 Å². The molecule has 4 amide bonds. The number of amides is 4. The first-order chi connectivity index (χ1) is 28.8. The first-order valence-corrected chi connectivity index (χ1v) is 21.4. The Morgan fingerprint density at radius 3 is 2.34 bits per heavy atom. The van der Waals surface area contributed by atoms with Crippen LogP contribution in [-0.4, -0.2) is 101 Å². The number of rotatable bonds is 11. The Balaban J connectivity index is 0.730. The number of nitrogens with one attached hydrogen (secondary N) is 2. The molecule has 4 aliphatic heterocycles. The maximum atomic E-state index is 13.3. The Hall–Kier alpha value is -5.52. The summed E-state index contributed by atoms with van der Waals surface area (Å²) >= 11 is 0. The van der Waals surface area contributed by atoms with Crippen LogP contribution in [0.4, 0.5) is 5.69 Å². The average Bonchev–Trinajstić information content (AvgIpc) is 3.49. The standard InChI is InChI=1S/C48H53N5O6/c54-37-12-17-40-34(27-37)10-15-39(32-5-2-1-3-6-32)45(40)33-8-13-38(14-9-33)59-26-25-51-23-20-31(21-24-51)29-52-22-4-7-36(30-52)49-35-11-16-41-42(28-35)48(58)53(47(41)57)43-18-19-44(55)50-46(43)56/h1-3,5-6,8-9,11-14,16-17,27-28,31,36,39,43,45,49,54H,4,7,10,15,18-26,29-30H2,(H,50,55,56)/t36?,39-,43?,45+/m1/s1. The predicted octanol–water partition coefficient (Wildman–Crippen LogP) is 6.32. The van der Waals surface area contributed by atoms with Crippen molar-refractivity contribution in [3.63, 3.8) is 0 Å². The summed E-state index contributed by atoms with van der Waals surface area (Å²) in [7, 11) is 0. The van der Waals surface area contributed by atoms with Gasteiger partial charge in [0.25, 0.3) is 11.8 Å². The summed E-state index contributed by atoms with van der Waals surface area (Å²) in [6, 6.07) is 29.8. The quantitative estimate of drug-likeness (QED) is 0.149. The van der Waals surface area contributed by atoms with Crippen LogP contribution in [-0.2, 0) is 16.0 Å². The minimum absolute atomic E-state index is 0.0990. The van der Waals surface area contributed by atoms with Crippen molar-refractivity contribution in [2.24, 2.45) is 5.92 Å². The van der Waals surface area contributed by atoms with Gasteiger partial charge in [0.2, 0.25) is 11.8 Å². The lowest BCUT2D eigenvalue weighted by atomic mass is 9.69. The Kier molecular flexibility index (Phi) is 11.2. The second kappa shape index (κ2) is 17.0. The van der Waals surface area contributed by atoms with Gasteiger partial charge >= 0.3 is 0 Å². The fourth-order valence-corrected chi connectivity index (χ4v) is 10.2. The normalized spacial score (nSPS) is 24.1. The monoisotopic (exact) mass is 795 g/mol. The first kappa shape index (κ1) is 39.0. The van der Waals surface area contributed by atoms with E-state index in [9.17, 15) is 24.3 Å². The van der Waals surface area contributed by atoms with Gasteiger partial charge in [-0.25, -0.2) is 0 Å². The van der Waals surface area contributed by atoms with Crippen molar-refractivity contribution in [1.29, 1.82) is 0 Å². The van der Waals surface area contributed by atoms with Crippen LogP contribution in [0.2, 0.25) is 0 Å². The van der Waals surface area contributed by atoms with E-state index in [-0.39, 0.29) is 30.7 Å².